The van der Waals surface area contributed by atoms with Gasteiger partial charge in [0.05, 0.1) is 0 Å². The molecule has 1 aromatic heterocycles. The number of aromatic nitrogens is 2. The zero-order valence-corrected chi connectivity index (χ0v) is 12.4. The van der Waals surface area contributed by atoms with Gasteiger partial charge in [-0.1, -0.05) is 35.2 Å². The lowest BCUT2D eigenvalue weighted by Gasteiger charge is -2.00. The Morgan fingerprint density at radius 1 is 1.45 bits per heavy atom. The van der Waals surface area contributed by atoms with Gasteiger partial charge in [0.15, 0.2) is 4.34 Å². The monoisotopic (exact) mass is 312 g/mol. The van der Waals surface area contributed by atoms with E-state index in [-0.39, 0.29) is 11.8 Å². The minimum atomic E-state index is -0.301. The molecule has 20 heavy (non-hydrogen) atoms. The van der Waals surface area contributed by atoms with E-state index in [1.165, 1.54) is 35.2 Å². The average molecular weight is 312 g/mol. The van der Waals surface area contributed by atoms with Gasteiger partial charge in [-0.15, -0.1) is 10.2 Å². The van der Waals surface area contributed by atoms with E-state index in [9.17, 15) is 9.18 Å². The highest BCUT2D eigenvalue weighted by Crippen LogP contribution is 2.28. The van der Waals surface area contributed by atoms with Crippen LogP contribution < -0.4 is 10.6 Å². The van der Waals surface area contributed by atoms with Gasteiger partial charge in [0.1, 0.15) is 5.82 Å². The number of halogens is 1. The third kappa shape index (κ3) is 4.46. The summed E-state index contributed by atoms with van der Waals surface area (Å²) in [5.41, 5.74) is 0.878. The molecule has 0 unspecified atom stereocenters. The van der Waals surface area contributed by atoms with Crippen molar-refractivity contribution in [2.75, 3.05) is 11.9 Å². The molecule has 0 aliphatic heterocycles. The molecule has 8 heteroatoms. The average Bonchev–Trinajstić information content (AvgIpc) is 2.84. The SMILES string of the molecule is CCNC(=O)Nc1nnc(SCc2cccc(F)c2)s1. The van der Waals surface area contributed by atoms with E-state index in [0.29, 0.717) is 17.4 Å². The summed E-state index contributed by atoms with van der Waals surface area (Å²) in [5, 5.41) is 13.5. The van der Waals surface area contributed by atoms with Crippen molar-refractivity contribution in [1.82, 2.24) is 15.5 Å². The minimum Gasteiger partial charge on any atom is -0.338 e. The summed E-state index contributed by atoms with van der Waals surface area (Å²) in [4.78, 5) is 11.3. The number of carbonyl (C=O) groups is 1. The van der Waals surface area contributed by atoms with Gasteiger partial charge in [0, 0.05) is 12.3 Å². The molecule has 1 aromatic carbocycles. The molecule has 2 rings (SSSR count). The van der Waals surface area contributed by atoms with Crippen LogP contribution in [0.15, 0.2) is 28.6 Å². The molecular weight excluding hydrogens is 299 g/mol. The number of nitrogens with zero attached hydrogens (tertiary/aromatic N) is 2. The van der Waals surface area contributed by atoms with Crippen molar-refractivity contribution in [2.45, 2.75) is 17.0 Å². The van der Waals surface area contributed by atoms with E-state index in [4.69, 9.17) is 0 Å². The molecule has 2 aromatic rings. The first-order valence-electron chi connectivity index (χ1n) is 5.93. The second-order valence-corrected chi connectivity index (χ2v) is 5.98. The van der Waals surface area contributed by atoms with Crippen LogP contribution in [0.3, 0.4) is 0 Å². The molecule has 0 radical (unpaired) electrons. The van der Waals surface area contributed by atoms with Crippen LogP contribution in [-0.2, 0) is 5.75 Å². The highest BCUT2D eigenvalue weighted by molar-refractivity contribution is 8.00. The molecule has 5 nitrogen and oxygen atoms in total. The van der Waals surface area contributed by atoms with Gasteiger partial charge in [-0.05, 0) is 24.6 Å². The molecule has 1 heterocycles. The fourth-order valence-electron chi connectivity index (χ4n) is 1.39. The van der Waals surface area contributed by atoms with Crippen molar-refractivity contribution >= 4 is 34.3 Å². The van der Waals surface area contributed by atoms with E-state index in [1.807, 2.05) is 13.0 Å². The quantitative estimate of drug-likeness (QED) is 0.657. The summed E-state index contributed by atoms with van der Waals surface area (Å²) in [7, 11) is 0. The van der Waals surface area contributed by atoms with Crippen LogP contribution in [0.1, 0.15) is 12.5 Å². The molecule has 2 amide bonds. The van der Waals surface area contributed by atoms with Crippen LogP contribution in [0.25, 0.3) is 0 Å². The number of anilines is 1. The fourth-order valence-corrected chi connectivity index (χ4v) is 3.08. The van der Waals surface area contributed by atoms with Crippen molar-refractivity contribution < 1.29 is 9.18 Å². The molecular formula is C12H13FN4OS2. The summed E-state index contributed by atoms with van der Waals surface area (Å²) < 4.78 is 13.7. The fraction of sp³-hybridized carbons (Fsp3) is 0.250. The molecule has 2 N–H and O–H groups in total. The summed E-state index contributed by atoms with van der Waals surface area (Å²) in [6.07, 6.45) is 0. The van der Waals surface area contributed by atoms with Crippen molar-refractivity contribution in [3.8, 4) is 0 Å². The minimum absolute atomic E-state index is 0.251. The second-order valence-electron chi connectivity index (χ2n) is 3.78. The first kappa shape index (κ1) is 14.7. The largest absolute Gasteiger partial charge is 0.338 e. The van der Waals surface area contributed by atoms with Gasteiger partial charge in [0.2, 0.25) is 5.13 Å². The van der Waals surface area contributed by atoms with Gasteiger partial charge in [0.25, 0.3) is 0 Å². The van der Waals surface area contributed by atoms with E-state index < -0.39 is 0 Å². The van der Waals surface area contributed by atoms with Crippen LogP contribution in [0.4, 0.5) is 14.3 Å². The smallest absolute Gasteiger partial charge is 0.321 e. The van der Waals surface area contributed by atoms with Crippen molar-refractivity contribution in [1.29, 1.82) is 0 Å². The van der Waals surface area contributed by atoms with Crippen molar-refractivity contribution in [3.63, 3.8) is 0 Å². The van der Waals surface area contributed by atoms with Crippen LogP contribution >= 0.6 is 23.1 Å². The Balaban J connectivity index is 1.88. The number of nitrogens with one attached hydrogen (secondary N) is 2. The molecule has 0 aliphatic rings. The zero-order valence-electron chi connectivity index (χ0n) is 10.7. The molecule has 0 atom stereocenters. The van der Waals surface area contributed by atoms with E-state index in [0.717, 1.165) is 9.90 Å². The number of thioether (sulfide) groups is 1. The maximum absolute atomic E-state index is 13.0. The second kappa shape index (κ2) is 7.20. The summed E-state index contributed by atoms with van der Waals surface area (Å²) >= 11 is 2.74. The Morgan fingerprint density at radius 3 is 3.05 bits per heavy atom. The molecule has 0 fully saturated rings. The predicted molar refractivity (Wildman–Crippen MR) is 78.6 cm³/mol. The van der Waals surface area contributed by atoms with E-state index in [2.05, 4.69) is 20.8 Å². The lowest BCUT2D eigenvalue weighted by molar-refractivity contribution is 0.252. The third-order valence-corrected chi connectivity index (χ3v) is 4.26. The topological polar surface area (TPSA) is 66.9 Å². The van der Waals surface area contributed by atoms with Gasteiger partial charge in [-0.2, -0.15) is 0 Å². The van der Waals surface area contributed by atoms with Crippen LogP contribution in [-0.4, -0.2) is 22.8 Å². The Morgan fingerprint density at radius 2 is 2.30 bits per heavy atom. The van der Waals surface area contributed by atoms with Crippen LogP contribution in [0.5, 0.6) is 0 Å². The van der Waals surface area contributed by atoms with Gasteiger partial charge in [-0.25, -0.2) is 9.18 Å². The summed E-state index contributed by atoms with van der Waals surface area (Å²) in [6, 6.07) is 6.12. The third-order valence-electron chi connectivity index (χ3n) is 2.22. The van der Waals surface area contributed by atoms with Crippen LogP contribution in [0.2, 0.25) is 0 Å². The van der Waals surface area contributed by atoms with Gasteiger partial charge >= 0.3 is 6.03 Å². The summed E-state index contributed by atoms with van der Waals surface area (Å²) in [6.45, 7) is 2.38. The highest BCUT2D eigenvalue weighted by Gasteiger charge is 2.08. The Hall–Kier alpha value is -1.67. The Labute approximate surface area is 124 Å². The Bertz CT molecular complexity index is 590. The number of hydrogen-bond acceptors (Lipinski definition) is 5. The maximum Gasteiger partial charge on any atom is 0.321 e. The lowest BCUT2D eigenvalue weighted by atomic mass is 10.2. The molecule has 0 bridgehead atoms. The molecule has 0 aliphatic carbocycles. The lowest BCUT2D eigenvalue weighted by Crippen LogP contribution is -2.28. The van der Waals surface area contributed by atoms with Crippen LogP contribution in [0, 0.1) is 5.82 Å². The van der Waals surface area contributed by atoms with E-state index >= 15 is 0 Å². The number of urea groups is 1. The number of benzene rings is 1. The number of amides is 2. The standard InChI is InChI=1S/C12H13FN4OS2/c1-2-14-10(18)15-11-16-17-12(20-11)19-7-8-4-3-5-9(13)6-8/h3-6H,2,7H2,1H3,(H2,14,15,16,18). The maximum atomic E-state index is 13.0. The van der Waals surface area contributed by atoms with Crippen molar-refractivity contribution in [2.24, 2.45) is 0 Å². The zero-order chi connectivity index (χ0) is 14.4. The van der Waals surface area contributed by atoms with Gasteiger partial charge < -0.3 is 5.32 Å². The highest BCUT2D eigenvalue weighted by atomic mass is 32.2. The molecule has 106 valence electrons. The van der Waals surface area contributed by atoms with Gasteiger partial charge in [-0.3, -0.25) is 5.32 Å². The molecule has 0 saturated carbocycles. The normalized spacial score (nSPS) is 10.3. The van der Waals surface area contributed by atoms with Crippen molar-refractivity contribution in [3.05, 3.63) is 35.6 Å². The number of carbonyl (C=O) groups excluding carboxylic acids is 1. The Kier molecular flexibility index (Phi) is 5.31. The first-order chi connectivity index (χ1) is 9.67. The number of hydrogen-bond donors (Lipinski definition) is 2. The first-order valence-corrected chi connectivity index (χ1v) is 7.73. The molecule has 0 spiro atoms. The van der Waals surface area contributed by atoms with E-state index in [1.54, 1.807) is 6.07 Å². The molecule has 0 saturated heterocycles. The predicted octanol–water partition coefficient (Wildman–Crippen LogP) is 3.11. The summed E-state index contributed by atoms with van der Waals surface area (Å²) in [5.74, 6) is 0.354. The number of rotatable bonds is 5.